The van der Waals surface area contributed by atoms with Gasteiger partial charge in [-0.05, 0) is 40.5 Å². The van der Waals surface area contributed by atoms with Gasteiger partial charge in [-0.2, -0.15) is 0 Å². The van der Waals surface area contributed by atoms with Crippen molar-refractivity contribution in [3.63, 3.8) is 0 Å². The van der Waals surface area contributed by atoms with Gasteiger partial charge in [0.15, 0.2) is 12.6 Å². The third-order valence-electron chi connectivity index (χ3n) is 4.74. The lowest BCUT2D eigenvalue weighted by molar-refractivity contribution is -0.569. The summed E-state index contributed by atoms with van der Waals surface area (Å²) >= 11 is 0. The smallest absolute Gasteiger partial charge is 0.164 e. The van der Waals surface area contributed by atoms with E-state index in [4.69, 9.17) is 5.73 Å². The first-order chi connectivity index (χ1) is 11.1. The van der Waals surface area contributed by atoms with E-state index < -0.39 is 0 Å². The molecule has 0 saturated carbocycles. The Labute approximate surface area is 143 Å². The largest absolute Gasteiger partial charge is 0.325 e. The molecule has 0 bridgehead atoms. The molecule has 0 rings (SSSR count). The zero-order valence-corrected chi connectivity index (χ0v) is 16.0. The van der Waals surface area contributed by atoms with Gasteiger partial charge in [-0.15, -0.1) is 0 Å². The van der Waals surface area contributed by atoms with E-state index >= 15 is 0 Å². The van der Waals surface area contributed by atoms with E-state index in [1.807, 2.05) is 14.1 Å². The van der Waals surface area contributed by atoms with Crippen molar-refractivity contribution in [3.05, 3.63) is 0 Å². The molecule has 0 heterocycles. The summed E-state index contributed by atoms with van der Waals surface area (Å²) in [5, 5.41) is 13.5. The number of nitrogens with zero attached hydrogens (tertiary/aromatic N) is 1. The third kappa shape index (κ3) is 8.77. The highest BCUT2D eigenvalue weighted by atomic mass is 15.1. The van der Waals surface area contributed by atoms with Crippen molar-refractivity contribution >= 4 is 6.21 Å². The average molecular weight is 330 g/mol. The lowest BCUT2D eigenvalue weighted by atomic mass is 9.94. The van der Waals surface area contributed by atoms with Crippen LogP contribution in [0.2, 0.25) is 0 Å². The Morgan fingerprint density at radius 3 is 2.30 bits per heavy atom. The first-order valence-corrected chi connectivity index (χ1v) is 9.07. The van der Waals surface area contributed by atoms with E-state index in [1.54, 1.807) is 0 Å². The van der Waals surface area contributed by atoms with Crippen molar-refractivity contribution in [2.75, 3.05) is 60.4 Å². The number of hydrogen-bond acceptors (Lipinski definition) is 5. The molecule has 0 aromatic rings. The summed E-state index contributed by atoms with van der Waals surface area (Å²) in [6.45, 7) is 10.0. The lowest BCUT2D eigenvalue weighted by Crippen LogP contribution is -2.58. The van der Waals surface area contributed by atoms with Gasteiger partial charge in [0.2, 0.25) is 0 Å². The van der Waals surface area contributed by atoms with Crippen molar-refractivity contribution in [2.45, 2.75) is 44.7 Å². The van der Waals surface area contributed by atoms with Gasteiger partial charge in [0.25, 0.3) is 0 Å². The maximum atomic E-state index is 6.05. The van der Waals surface area contributed by atoms with Crippen molar-refractivity contribution in [3.8, 4) is 0 Å². The Bertz CT molecular complexity index is 301. The fraction of sp³-hybridized carbons (Fsp3) is 0.941. The predicted octanol–water partition coefficient (Wildman–Crippen LogP) is -0.406. The quantitative estimate of drug-likeness (QED) is 0.160. The normalized spacial score (nSPS) is 16.3. The zero-order chi connectivity index (χ0) is 17.6. The van der Waals surface area contributed by atoms with Gasteiger partial charge in [-0.3, -0.25) is 0 Å². The van der Waals surface area contributed by atoms with Gasteiger partial charge in [-0.25, -0.2) is 4.58 Å². The number of likely N-dealkylation sites (N-methyl/N-ethyl adjacent to an activating group) is 2. The maximum absolute atomic E-state index is 6.05. The first-order valence-electron chi connectivity index (χ1n) is 9.07. The summed E-state index contributed by atoms with van der Waals surface area (Å²) in [6.07, 6.45) is 5.56. The zero-order valence-electron chi connectivity index (χ0n) is 16.0. The summed E-state index contributed by atoms with van der Waals surface area (Å²) in [4.78, 5) is 0. The molecule has 0 spiro atoms. The maximum Gasteiger partial charge on any atom is 0.164 e. The number of hydrogen-bond donors (Lipinski definition) is 5. The Morgan fingerprint density at radius 1 is 1.13 bits per heavy atom. The van der Waals surface area contributed by atoms with Gasteiger partial charge in [-0.1, -0.05) is 6.92 Å². The molecule has 0 radical (unpaired) electrons. The molecule has 0 aliphatic carbocycles. The van der Waals surface area contributed by atoms with E-state index in [0.717, 1.165) is 52.0 Å². The molecule has 6 nitrogen and oxygen atoms in total. The molecule has 6 N–H and O–H groups in total. The molecule has 0 aromatic carbocycles. The Hall–Kier alpha value is -0.530. The number of nitrogens with one attached hydrogen (secondary N) is 4. The second-order valence-corrected chi connectivity index (χ2v) is 6.23. The highest BCUT2D eigenvalue weighted by molar-refractivity contribution is 5.46. The van der Waals surface area contributed by atoms with Gasteiger partial charge in [0.1, 0.15) is 6.21 Å². The molecular formula is C17H41N6+. The molecule has 0 aliphatic rings. The molecule has 23 heavy (non-hydrogen) atoms. The fourth-order valence-electron chi connectivity index (χ4n) is 2.89. The minimum absolute atomic E-state index is 0.0661. The Balaban J connectivity index is 4.76. The Kier molecular flexibility index (Phi) is 13.5. The topological polar surface area (TPSA) is 77.2 Å². The van der Waals surface area contributed by atoms with Crippen LogP contribution in [0.5, 0.6) is 0 Å². The monoisotopic (exact) mass is 329 g/mol. The van der Waals surface area contributed by atoms with Crippen molar-refractivity contribution in [1.82, 2.24) is 21.3 Å². The second-order valence-electron chi connectivity index (χ2n) is 6.23. The van der Waals surface area contributed by atoms with E-state index in [0.29, 0.717) is 12.6 Å². The molecule has 0 amide bonds. The van der Waals surface area contributed by atoms with Crippen LogP contribution in [-0.2, 0) is 0 Å². The number of rotatable bonds is 15. The number of nitrogens with two attached hydrogens (primary N) is 1. The highest BCUT2D eigenvalue weighted by Crippen LogP contribution is 2.12. The minimum Gasteiger partial charge on any atom is -0.325 e. The van der Waals surface area contributed by atoms with Crippen LogP contribution in [0.25, 0.3) is 0 Å². The third-order valence-corrected chi connectivity index (χ3v) is 4.74. The summed E-state index contributed by atoms with van der Waals surface area (Å²) < 4.78 is 2.43. The van der Waals surface area contributed by atoms with Gasteiger partial charge < -0.3 is 27.0 Å². The standard InChI is InChI=1S/C17H41N6/c1-6-17(21-5,14-22-12-11-20-4)15-23(7-2)16(13-18)9-8-10-19-3/h7,16,19-22H,6,8-15,18H2,1-5H3/q+1. The second kappa shape index (κ2) is 13.9. The molecule has 2 unspecified atom stereocenters. The molecule has 2 atom stereocenters. The van der Waals surface area contributed by atoms with Gasteiger partial charge in [0.05, 0.1) is 12.1 Å². The van der Waals surface area contributed by atoms with Crippen LogP contribution >= 0.6 is 0 Å². The Morgan fingerprint density at radius 2 is 1.83 bits per heavy atom. The summed E-state index contributed by atoms with van der Waals surface area (Å²) in [7, 11) is 6.05. The summed E-state index contributed by atoms with van der Waals surface area (Å²) in [5.41, 5.74) is 6.11. The van der Waals surface area contributed by atoms with Crippen LogP contribution in [0.15, 0.2) is 0 Å². The first kappa shape index (κ1) is 22.5. The van der Waals surface area contributed by atoms with Crippen molar-refractivity contribution in [2.24, 2.45) is 5.73 Å². The molecular weight excluding hydrogens is 288 g/mol. The molecule has 138 valence electrons. The molecule has 6 heteroatoms. The minimum atomic E-state index is 0.0661. The van der Waals surface area contributed by atoms with E-state index in [1.165, 1.54) is 0 Å². The SMILES string of the molecule is CC=[N+](CC(CC)(CNCCNC)NC)C(CN)CCCNC. The van der Waals surface area contributed by atoms with Crippen LogP contribution in [0.3, 0.4) is 0 Å². The van der Waals surface area contributed by atoms with Crippen LogP contribution in [0.1, 0.15) is 33.1 Å². The van der Waals surface area contributed by atoms with Gasteiger partial charge in [0, 0.05) is 33.0 Å². The molecule has 0 fully saturated rings. The fourth-order valence-corrected chi connectivity index (χ4v) is 2.89. The van der Waals surface area contributed by atoms with Crippen molar-refractivity contribution in [1.29, 1.82) is 0 Å². The molecule has 0 saturated heterocycles. The highest BCUT2D eigenvalue weighted by Gasteiger charge is 2.33. The van der Waals surface area contributed by atoms with Crippen LogP contribution in [-0.4, -0.2) is 82.8 Å². The van der Waals surface area contributed by atoms with Crippen LogP contribution in [0, 0.1) is 0 Å². The summed E-state index contributed by atoms with van der Waals surface area (Å²) in [6, 6.07) is 0.407. The van der Waals surface area contributed by atoms with Crippen molar-refractivity contribution < 1.29 is 4.58 Å². The average Bonchev–Trinajstić information content (AvgIpc) is 2.59. The lowest BCUT2D eigenvalue weighted by Gasteiger charge is -2.32. The van der Waals surface area contributed by atoms with Crippen LogP contribution in [0.4, 0.5) is 0 Å². The molecule has 0 aromatic heterocycles. The summed E-state index contributed by atoms with van der Waals surface area (Å²) in [5.74, 6) is 0. The van der Waals surface area contributed by atoms with E-state index in [2.05, 4.69) is 53.0 Å². The van der Waals surface area contributed by atoms with E-state index in [-0.39, 0.29) is 5.54 Å². The predicted molar refractivity (Wildman–Crippen MR) is 102 cm³/mol. The van der Waals surface area contributed by atoms with Gasteiger partial charge >= 0.3 is 0 Å². The molecule has 0 aliphatic heterocycles. The van der Waals surface area contributed by atoms with E-state index in [9.17, 15) is 0 Å². The van der Waals surface area contributed by atoms with Crippen LogP contribution < -0.4 is 27.0 Å².